The molecule has 10 nitrogen and oxygen atoms in total. The van der Waals surface area contributed by atoms with Crippen LogP contribution >= 0.6 is 0 Å². The van der Waals surface area contributed by atoms with E-state index in [-0.39, 0.29) is 23.9 Å². The first kappa shape index (κ1) is 25.5. The Balaban J connectivity index is 1.75. The lowest BCUT2D eigenvalue weighted by atomic mass is 9.99. The van der Waals surface area contributed by atoms with E-state index in [1.807, 2.05) is 30.3 Å². The Morgan fingerprint density at radius 1 is 1.00 bits per heavy atom. The highest BCUT2D eigenvalue weighted by Gasteiger charge is 2.45. The molecule has 0 aromatic heterocycles. The minimum absolute atomic E-state index is 0.0538. The molecular weight excluding hydrogens is 448 g/mol. The van der Waals surface area contributed by atoms with Gasteiger partial charge in [0.1, 0.15) is 31.0 Å². The maximum atomic E-state index is 12.1. The number of carbonyl (C=O) groups excluding carboxylic acids is 1. The van der Waals surface area contributed by atoms with Crippen molar-refractivity contribution in [3.63, 3.8) is 0 Å². The zero-order valence-corrected chi connectivity index (χ0v) is 18.7. The molecule has 2 aromatic rings. The van der Waals surface area contributed by atoms with E-state index in [1.165, 1.54) is 26.4 Å². The van der Waals surface area contributed by atoms with E-state index in [1.54, 1.807) is 12.1 Å². The molecule has 4 N–H and O–H groups in total. The number of esters is 1. The molecule has 1 fully saturated rings. The van der Waals surface area contributed by atoms with Gasteiger partial charge in [-0.3, -0.25) is 0 Å². The molecule has 10 heteroatoms. The van der Waals surface area contributed by atoms with Gasteiger partial charge >= 0.3 is 5.97 Å². The molecule has 2 aromatic carbocycles. The summed E-state index contributed by atoms with van der Waals surface area (Å²) in [6.45, 7) is -0.453. The Morgan fingerprint density at radius 3 is 2.24 bits per heavy atom. The fraction of sp³-hybridized carbons (Fsp3) is 0.375. The number of rotatable bonds is 9. The van der Waals surface area contributed by atoms with Crippen molar-refractivity contribution in [1.82, 2.24) is 0 Å². The van der Waals surface area contributed by atoms with Gasteiger partial charge in [0.05, 0.1) is 20.8 Å². The quantitative estimate of drug-likeness (QED) is 0.301. The van der Waals surface area contributed by atoms with Gasteiger partial charge in [-0.15, -0.1) is 0 Å². The Bertz CT molecular complexity index is 950. The van der Waals surface area contributed by atoms with Gasteiger partial charge in [-0.2, -0.15) is 0 Å². The molecule has 1 saturated heterocycles. The summed E-state index contributed by atoms with van der Waals surface area (Å²) in [4.78, 5) is 12.1. The molecule has 34 heavy (non-hydrogen) atoms. The van der Waals surface area contributed by atoms with Gasteiger partial charge in [0.25, 0.3) is 0 Å². The van der Waals surface area contributed by atoms with Gasteiger partial charge in [-0.05, 0) is 29.3 Å². The van der Waals surface area contributed by atoms with Crippen LogP contribution < -0.4 is 14.2 Å². The number of benzene rings is 2. The van der Waals surface area contributed by atoms with Crippen LogP contribution in [-0.2, 0) is 20.9 Å². The van der Waals surface area contributed by atoms with Crippen LogP contribution in [0.3, 0.4) is 0 Å². The number of carbonyl (C=O) groups is 1. The molecular formula is C24H28O10. The molecule has 5 atom stereocenters. The molecule has 0 unspecified atom stereocenters. The third-order valence-corrected chi connectivity index (χ3v) is 5.20. The third kappa shape index (κ3) is 6.04. The highest BCUT2D eigenvalue weighted by Crippen LogP contribution is 2.40. The van der Waals surface area contributed by atoms with Crippen molar-refractivity contribution < 1.29 is 48.9 Å². The van der Waals surface area contributed by atoms with Crippen molar-refractivity contribution in [3.05, 3.63) is 59.7 Å². The number of hydrogen-bond acceptors (Lipinski definition) is 10. The Hall–Kier alpha value is -3.15. The Kier molecular flexibility index (Phi) is 8.85. The maximum Gasteiger partial charge on any atom is 0.331 e. The second-order valence-electron chi connectivity index (χ2n) is 7.50. The van der Waals surface area contributed by atoms with Crippen molar-refractivity contribution >= 4 is 12.0 Å². The van der Waals surface area contributed by atoms with Crippen molar-refractivity contribution in [1.29, 1.82) is 0 Å². The van der Waals surface area contributed by atoms with Crippen LogP contribution in [0.5, 0.6) is 17.2 Å². The van der Waals surface area contributed by atoms with Crippen LogP contribution in [-0.4, -0.2) is 77.9 Å². The Morgan fingerprint density at radius 2 is 1.65 bits per heavy atom. The Labute approximate surface area is 196 Å². The minimum atomic E-state index is -1.61. The predicted molar refractivity (Wildman–Crippen MR) is 119 cm³/mol. The first-order valence-corrected chi connectivity index (χ1v) is 10.5. The van der Waals surface area contributed by atoms with Crippen LogP contribution in [0.15, 0.2) is 48.5 Å². The summed E-state index contributed by atoms with van der Waals surface area (Å²) in [5.41, 5.74) is 1.40. The standard InChI is InChI=1S/C24H28O10/c1-30-16-10-15(8-9-19(26)32-13-14-6-4-3-5-7-14)11-17(31-2)23(16)34-24-22(29)21(28)20(27)18(12-25)33-24/h3-11,18,20-22,24-25,27-29H,12-13H2,1-2H3/t18-,20-,21+,22+,24-/m1/s1. The van der Waals surface area contributed by atoms with Gasteiger partial charge in [-0.1, -0.05) is 30.3 Å². The zero-order chi connectivity index (χ0) is 24.7. The molecule has 1 heterocycles. The molecule has 0 aliphatic carbocycles. The predicted octanol–water partition coefficient (Wildman–Crippen LogP) is 0.639. The topological polar surface area (TPSA) is 144 Å². The summed E-state index contributed by atoms with van der Waals surface area (Å²) >= 11 is 0. The minimum Gasteiger partial charge on any atom is -0.493 e. The van der Waals surface area contributed by atoms with E-state index in [0.29, 0.717) is 5.56 Å². The van der Waals surface area contributed by atoms with Crippen LogP contribution in [0.2, 0.25) is 0 Å². The van der Waals surface area contributed by atoms with E-state index in [4.69, 9.17) is 23.7 Å². The van der Waals surface area contributed by atoms with Gasteiger partial charge in [0.15, 0.2) is 11.5 Å². The highest BCUT2D eigenvalue weighted by atomic mass is 16.7. The highest BCUT2D eigenvalue weighted by molar-refractivity contribution is 5.87. The molecule has 0 amide bonds. The van der Waals surface area contributed by atoms with Crippen LogP contribution in [0.1, 0.15) is 11.1 Å². The smallest absolute Gasteiger partial charge is 0.331 e. The number of ether oxygens (including phenoxy) is 5. The van der Waals surface area contributed by atoms with Gasteiger partial charge in [0, 0.05) is 6.08 Å². The second-order valence-corrected chi connectivity index (χ2v) is 7.50. The summed E-state index contributed by atoms with van der Waals surface area (Å²) in [6, 6.07) is 12.4. The molecule has 1 aliphatic rings. The van der Waals surface area contributed by atoms with E-state index < -0.39 is 43.3 Å². The molecule has 3 rings (SSSR count). The fourth-order valence-corrected chi connectivity index (χ4v) is 3.33. The average molecular weight is 476 g/mol. The summed E-state index contributed by atoms with van der Waals surface area (Å²) in [5.74, 6) is -0.108. The normalized spacial score (nSPS) is 24.6. The van der Waals surface area contributed by atoms with Crippen LogP contribution in [0.25, 0.3) is 6.08 Å². The summed E-state index contributed by atoms with van der Waals surface area (Å²) in [6.07, 6.45) is -4.51. The monoisotopic (exact) mass is 476 g/mol. The molecule has 0 bridgehead atoms. The lowest BCUT2D eigenvalue weighted by Gasteiger charge is -2.39. The maximum absolute atomic E-state index is 12.1. The summed E-state index contributed by atoms with van der Waals surface area (Å²) < 4.78 is 27.0. The van der Waals surface area contributed by atoms with E-state index in [0.717, 1.165) is 5.56 Å². The molecule has 0 radical (unpaired) electrons. The largest absolute Gasteiger partial charge is 0.493 e. The van der Waals surface area contributed by atoms with Gasteiger partial charge < -0.3 is 44.1 Å². The second kappa shape index (κ2) is 11.8. The van der Waals surface area contributed by atoms with Crippen molar-refractivity contribution in [2.45, 2.75) is 37.3 Å². The van der Waals surface area contributed by atoms with Gasteiger partial charge in [-0.25, -0.2) is 4.79 Å². The van der Waals surface area contributed by atoms with Crippen LogP contribution in [0.4, 0.5) is 0 Å². The average Bonchev–Trinajstić information content (AvgIpc) is 2.87. The molecule has 0 saturated carbocycles. The van der Waals surface area contributed by atoms with Crippen molar-refractivity contribution in [3.8, 4) is 17.2 Å². The first-order chi connectivity index (χ1) is 16.4. The molecule has 184 valence electrons. The summed E-state index contributed by atoms with van der Waals surface area (Å²) in [7, 11) is 2.77. The summed E-state index contributed by atoms with van der Waals surface area (Å²) in [5, 5.41) is 39.6. The number of aliphatic hydroxyl groups excluding tert-OH is 4. The molecule has 1 aliphatic heterocycles. The van der Waals surface area contributed by atoms with Crippen LogP contribution in [0, 0.1) is 0 Å². The van der Waals surface area contributed by atoms with Gasteiger partial charge in [0.2, 0.25) is 12.0 Å². The third-order valence-electron chi connectivity index (χ3n) is 5.20. The van der Waals surface area contributed by atoms with Crippen molar-refractivity contribution in [2.75, 3.05) is 20.8 Å². The lowest BCUT2D eigenvalue weighted by molar-refractivity contribution is -0.277. The van der Waals surface area contributed by atoms with E-state index in [9.17, 15) is 25.2 Å². The van der Waals surface area contributed by atoms with E-state index in [2.05, 4.69) is 0 Å². The number of aliphatic hydroxyl groups is 4. The zero-order valence-electron chi connectivity index (χ0n) is 18.7. The first-order valence-electron chi connectivity index (χ1n) is 10.5. The van der Waals surface area contributed by atoms with E-state index >= 15 is 0 Å². The lowest BCUT2D eigenvalue weighted by Crippen LogP contribution is -2.60. The fourth-order valence-electron chi connectivity index (χ4n) is 3.33. The van der Waals surface area contributed by atoms with Crippen molar-refractivity contribution in [2.24, 2.45) is 0 Å². The molecule has 0 spiro atoms. The number of hydrogen-bond donors (Lipinski definition) is 4. The number of methoxy groups -OCH3 is 2. The SMILES string of the molecule is COc1cc(C=CC(=O)OCc2ccccc2)cc(OC)c1O[C@H]1O[C@H](CO)[C@@H](O)[C@H](O)[C@@H]1O.